The van der Waals surface area contributed by atoms with Gasteiger partial charge in [0.2, 0.25) is 0 Å². The molecule has 1 aliphatic rings. The molecule has 0 bridgehead atoms. The summed E-state index contributed by atoms with van der Waals surface area (Å²) in [5, 5.41) is -0.505. The number of rotatable bonds is 1. The molecule has 0 spiro atoms. The molecule has 0 fully saturated rings. The summed E-state index contributed by atoms with van der Waals surface area (Å²) < 4.78 is 4.80. The summed E-state index contributed by atoms with van der Waals surface area (Å²) in [7, 11) is 1.39. The van der Waals surface area contributed by atoms with Gasteiger partial charge >= 0.3 is 5.97 Å². The monoisotopic (exact) mass is 264 g/mol. The Hall–Kier alpha value is -1.29. The maximum atomic E-state index is 12.3. The van der Waals surface area contributed by atoms with Crippen LogP contribution in [-0.2, 0) is 16.0 Å². The number of hydrogen-bond acceptors (Lipinski definition) is 4. The molecule has 0 aliphatic carbocycles. The van der Waals surface area contributed by atoms with Crippen LogP contribution in [0.3, 0.4) is 0 Å². The van der Waals surface area contributed by atoms with Crippen LogP contribution in [0.4, 0.5) is 0 Å². The molecule has 0 amide bonds. The molecule has 1 heterocycles. The van der Waals surface area contributed by atoms with Crippen molar-refractivity contribution < 1.29 is 14.3 Å². The molecule has 0 saturated carbocycles. The first-order chi connectivity index (χ1) is 8.52. The Labute approximate surface area is 111 Å². The van der Waals surface area contributed by atoms with Crippen molar-refractivity contribution in [2.75, 3.05) is 7.11 Å². The normalized spacial score (nSPS) is 23.2. The molecule has 2 atom stereocenters. The van der Waals surface area contributed by atoms with Gasteiger partial charge in [-0.1, -0.05) is 17.7 Å². The highest BCUT2D eigenvalue weighted by Crippen LogP contribution is 2.31. The van der Waals surface area contributed by atoms with Gasteiger partial charge in [0.25, 0.3) is 0 Å². The zero-order valence-electron chi connectivity index (χ0n) is 10.7. The van der Waals surface area contributed by atoms with Crippen LogP contribution < -0.4 is 0 Å². The first kappa shape index (κ1) is 13.1. The van der Waals surface area contributed by atoms with Gasteiger partial charge < -0.3 is 4.74 Å². The minimum Gasteiger partial charge on any atom is -0.468 e. The van der Waals surface area contributed by atoms with Crippen LogP contribution in [0.2, 0.25) is 0 Å². The number of ketones is 1. The van der Waals surface area contributed by atoms with E-state index in [2.05, 4.69) is 0 Å². The van der Waals surface area contributed by atoms with Crippen LogP contribution in [-0.4, -0.2) is 29.4 Å². The predicted octanol–water partition coefficient (Wildman–Crippen LogP) is 2.40. The molecule has 2 rings (SSSR count). The topological polar surface area (TPSA) is 43.4 Å². The summed E-state index contributed by atoms with van der Waals surface area (Å²) in [6.45, 7) is 3.81. The number of esters is 1. The number of Topliss-reactive ketones (excluding diaryl/α,β-unsaturated/α-hetero) is 1. The second kappa shape index (κ2) is 5.14. The molecule has 0 unspecified atom stereocenters. The van der Waals surface area contributed by atoms with Gasteiger partial charge in [0.1, 0.15) is 5.25 Å². The number of ether oxygens (including phenoxy) is 1. The summed E-state index contributed by atoms with van der Waals surface area (Å²) >= 11 is 1.39. The van der Waals surface area contributed by atoms with Gasteiger partial charge in [-0.05, 0) is 31.9 Å². The Bertz CT molecular complexity index is 496. The minimum absolute atomic E-state index is 0.102. The van der Waals surface area contributed by atoms with Gasteiger partial charge in [-0.15, -0.1) is 11.8 Å². The van der Waals surface area contributed by atoms with E-state index in [9.17, 15) is 9.59 Å². The lowest BCUT2D eigenvalue weighted by atomic mass is 9.96. The number of benzene rings is 1. The SMILES string of the molecule is COC(=O)[C@@H]1Cc2ccc(C)cc2C(=O)[C@@H](C)S1. The summed E-state index contributed by atoms with van der Waals surface area (Å²) in [6.07, 6.45) is 0.559. The van der Waals surface area contributed by atoms with Crippen LogP contribution in [0.15, 0.2) is 18.2 Å². The van der Waals surface area contributed by atoms with Crippen molar-refractivity contribution >= 4 is 23.5 Å². The van der Waals surface area contributed by atoms with Gasteiger partial charge in [0.15, 0.2) is 5.78 Å². The molecule has 1 aromatic rings. The van der Waals surface area contributed by atoms with Crippen LogP contribution >= 0.6 is 11.8 Å². The maximum absolute atomic E-state index is 12.3. The molecule has 18 heavy (non-hydrogen) atoms. The molecule has 0 N–H and O–H groups in total. The minimum atomic E-state index is -0.294. The average molecular weight is 264 g/mol. The van der Waals surface area contributed by atoms with E-state index in [4.69, 9.17) is 4.74 Å². The predicted molar refractivity (Wildman–Crippen MR) is 72.1 cm³/mol. The maximum Gasteiger partial charge on any atom is 0.319 e. The lowest BCUT2D eigenvalue weighted by molar-refractivity contribution is -0.139. The molecule has 4 heteroatoms. The van der Waals surface area contributed by atoms with Crippen molar-refractivity contribution in [3.05, 3.63) is 34.9 Å². The van der Waals surface area contributed by atoms with E-state index in [0.29, 0.717) is 6.42 Å². The number of thioether (sulfide) groups is 1. The lowest BCUT2D eigenvalue weighted by Crippen LogP contribution is -2.23. The van der Waals surface area contributed by atoms with E-state index in [-0.39, 0.29) is 22.3 Å². The molecular weight excluding hydrogens is 248 g/mol. The zero-order chi connectivity index (χ0) is 13.3. The second-order valence-corrected chi connectivity index (χ2v) is 6.07. The Morgan fingerprint density at radius 3 is 2.83 bits per heavy atom. The van der Waals surface area contributed by atoms with Gasteiger partial charge in [-0.25, -0.2) is 0 Å². The third kappa shape index (κ3) is 2.43. The number of carbonyl (C=O) groups excluding carboxylic acids is 2. The Kier molecular flexibility index (Phi) is 3.76. The van der Waals surface area contributed by atoms with Gasteiger partial charge in [-0.2, -0.15) is 0 Å². The van der Waals surface area contributed by atoms with Crippen molar-refractivity contribution in [1.29, 1.82) is 0 Å². The van der Waals surface area contributed by atoms with Crippen molar-refractivity contribution in [2.45, 2.75) is 30.8 Å². The summed E-state index contributed by atoms with van der Waals surface area (Å²) in [6, 6.07) is 5.83. The quantitative estimate of drug-likeness (QED) is 0.731. The van der Waals surface area contributed by atoms with Crippen molar-refractivity contribution in [1.82, 2.24) is 0 Å². The molecule has 3 nitrogen and oxygen atoms in total. The van der Waals surface area contributed by atoms with E-state index in [1.807, 2.05) is 32.0 Å². The first-order valence-corrected chi connectivity index (χ1v) is 6.84. The summed E-state index contributed by atoms with van der Waals surface area (Å²) in [5.74, 6) is -0.154. The number of fused-ring (bicyclic) bond motifs is 1. The zero-order valence-corrected chi connectivity index (χ0v) is 11.5. The molecule has 0 radical (unpaired) electrons. The third-order valence-electron chi connectivity index (χ3n) is 3.14. The van der Waals surface area contributed by atoms with Gasteiger partial charge in [-0.3, -0.25) is 9.59 Å². The highest BCUT2D eigenvalue weighted by atomic mass is 32.2. The molecule has 1 aromatic carbocycles. The Morgan fingerprint density at radius 2 is 2.17 bits per heavy atom. The summed E-state index contributed by atoms with van der Waals surface area (Å²) in [4.78, 5) is 24.0. The first-order valence-electron chi connectivity index (χ1n) is 5.90. The molecule has 0 aromatic heterocycles. The number of carbonyl (C=O) groups is 2. The van der Waals surface area contributed by atoms with Crippen molar-refractivity contribution in [2.24, 2.45) is 0 Å². The molecule has 0 saturated heterocycles. The standard InChI is InChI=1S/C14H16O3S/c1-8-4-5-10-7-12(14(16)17-3)18-9(2)13(15)11(10)6-8/h4-6,9,12H,7H2,1-3H3/t9-,12+/m1/s1. The molecular formula is C14H16O3S. The fourth-order valence-electron chi connectivity index (χ4n) is 2.14. The van der Waals surface area contributed by atoms with Gasteiger partial charge in [0.05, 0.1) is 12.4 Å². The van der Waals surface area contributed by atoms with Crippen molar-refractivity contribution in [3.63, 3.8) is 0 Å². The largest absolute Gasteiger partial charge is 0.468 e. The van der Waals surface area contributed by atoms with E-state index in [1.165, 1.54) is 18.9 Å². The number of methoxy groups -OCH3 is 1. The highest BCUT2D eigenvalue weighted by Gasteiger charge is 2.32. The van der Waals surface area contributed by atoms with Crippen LogP contribution in [0.5, 0.6) is 0 Å². The Morgan fingerprint density at radius 1 is 1.44 bits per heavy atom. The average Bonchev–Trinajstić information content (AvgIpc) is 2.48. The van der Waals surface area contributed by atoms with Crippen LogP contribution in [0.25, 0.3) is 0 Å². The van der Waals surface area contributed by atoms with Crippen molar-refractivity contribution in [3.8, 4) is 0 Å². The smallest absolute Gasteiger partial charge is 0.319 e. The molecule has 96 valence electrons. The third-order valence-corrected chi connectivity index (χ3v) is 4.45. The summed E-state index contributed by atoms with van der Waals surface area (Å²) in [5.41, 5.74) is 2.76. The van der Waals surface area contributed by atoms with E-state index < -0.39 is 0 Å². The lowest BCUT2D eigenvalue weighted by Gasteiger charge is -2.13. The van der Waals surface area contributed by atoms with E-state index in [1.54, 1.807) is 0 Å². The number of aryl methyl sites for hydroxylation is 1. The Balaban J connectivity index is 2.42. The highest BCUT2D eigenvalue weighted by molar-refractivity contribution is 8.01. The van der Waals surface area contributed by atoms with E-state index in [0.717, 1.165) is 16.7 Å². The fraction of sp³-hybridized carbons (Fsp3) is 0.429. The van der Waals surface area contributed by atoms with Crippen LogP contribution in [0, 0.1) is 6.92 Å². The number of hydrogen-bond donors (Lipinski definition) is 0. The van der Waals surface area contributed by atoms with Crippen LogP contribution in [0.1, 0.15) is 28.4 Å². The fourth-order valence-corrected chi connectivity index (χ4v) is 3.37. The second-order valence-electron chi connectivity index (χ2n) is 4.52. The van der Waals surface area contributed by atoms with E-state index >= 15 is 0 Å². The molecule has 1 aliphatic heterocycles. The van der Waals surface area contributed by atoms with Gasteiger partial charge in [0, 0.05) is 5.56 Å².